The molecular weight excluding hydrogens is 449 g/mol. The summed E-state index contributed by atoms with van der Waals surface area (Å²) < 4.78 is 5.59. The summed E-state index contributed by atoms with van der Waals surface area (Å²) in [6.45, 7) is 5.59. The zero-order chi connectivity index (χ0) is 17.3. The molecule has 0 bridgehead atoms. The van der Waals surface area contributed by atoms with Gasteiger partial charge in [-0.1, -0.05) is 43.5 Å². The lowest BCUT2D eigenvalue weighted by atomic mass is 9.74. The highest BCUT2D eigenvalue weighted by atomic mass is 127. The summed E-state index contributed by atoms with van der Waals surface area (Å²) in [4.78, 5) is 4.35. The Morgan fingerprint density at radius 2 is 2.00 bits per heavy atom. The Morgan fingerprint density at radius 3 is 2.64 bits per heavy atom. The van der Waals surface area contributed by atoms with E-state index in [0.717, 1.165) is 50.1 Å². The summed E-state index contributed by atoms with van der Waals surface area (Å²) in [7, 11) is 1.82. The van der Waals surface area contributed by atoms with Crippen LogP contribution in [-0.2, 0) is 10.2 Å². The molecular formula is C19H31ClIN3O. The van der Waals surface area contributed by atoms with Crippen LogP contribution in [0.5, 0.6) is 0 Å². The number of nitrogens with zero attached hydrogens (tertiary/aromatic N) is 1. The zero-order valence-corrected chi connectivity index (χ0v) is 18.4. The van der Waals surface area contributed by atoms with Gasteiger partial charge in [-0.15, -0.1) is 24.0 Å². The van der Waals surface area contributed by atoms with E-state index < -0.39 is 0 Å². The molecule has 0 spiro atoms. The predicted molar refractivity (Wildman–Crippen MR) is 117 cm³/mol. The van der Waals surface area contributed by atoms with Crippen LogP contribution in [0.3, 0.4) is 0 Å². The van der Waals surface area contributed by atoms with E-state index in [4.69, 9.17) is 16.3 Å². The molecule has 1 aliphatic heterocycles. The molecule has 4 nitrogen and oxygen atoms in total. The predicted octanol–water partition coefficient (Wildman–Crippen LogP) is 4.36. The molecule has 0 saturated carbocycles. The fourth-order valence-electron chi connectivity index (χ4n) is 3.20. The summed E-state index contributed by atoms with van der Waals surface area (Å²) in [6.07, 6.45) is 5.63. The number of rotatable bonds is 7. The maximum Gasteiger partial charge on any atom is 0.191 e. The summed E-state index contributed by atoms with van der Waals surface area (Å²) in [6, 6.07) is 8.23. The molecule has 0 aliphatic carbocycles. The summed E-state index contributed by atoms with van der Waals surface area (Å²) in [5, 5.41) is 7.71. The van der Waals surface area contributed by atoms with Crippen molar-refractivity contribution in [2.24, 2.45) is 4.99 Å². The second-order valence-corrected chi connectivity index (χ2v) is 6.90. The Bertz CT molecular complexity index is 533. The van der Waals surface area contributed by atoms with E-state index in [1.165, 1.54) is 24.8 Å². The monoisotopic (exact) mass is 479 g/mol. The van der Waals surface area contributed by atoms with Gasteiger partial charge >= 0.3 is 0 Å². The zero-order valence-electron chi connectivity index (χ0n) is 15.3. The van der Waals surface area contributed by atoms with Crippen molar-refractivity contribution in [1.29, 1.82) is 0 Å². The van der Waals surface area contributed by atoms with E-state index in [0.29, 0.717) is 0 Å². The van der Waals surface area contributed by atoms with Gasteiger partial charge in [0.1, 0.15) is 0 Å². The third kappa shape index (κ3) is 6.94. The highest BCUT2D eigenvalue weighted by Crippen LogP contribution is 2.35. The molecule has 1 aromatic carbocycles. The van der Waals surface area contributed by atoms with Crippen molar-refractivity contribution in [2.75, 3.05) is 33.4 Å². The van der Waals surface area contributed by atoms with E-state index in [2.05, 4.69) is 34.7 Å². The van der Waals surface area contributed by atoms with Gasteiger partial charge in [-0.2, -0.15) is 0 Å². The Labute approximate surface area is 174 Å². The fraction of sp³-hybridized carbons (Fsp3) is 0.632. The lowest BCUT2D eigenvalue weighted by Crippen LogP contribution is -2.48. The first-order valence-corrected chi connectivity index (χ1v) is 9.36. The molecule has 2 rings (SSSR count). The number of ether oxygens (including phenoxy) is 1. The Kier molecular flexibility index (Phi) is 10.8. The molecule has 2 N–H and O–H groups in total. The Hall–Kier alpha value is -0.530. The molecule has 25 heavy (non-hydrogen) atoms. The van der Waals surface area contributed by atoms with E-state index >= 15 is 0 Å². The number of benzene rings is 1. The van der Waals surface area contributed by atoms with Crippen LogP contribution in [0.4, 0.5) is 0 Å². The first-order chi connectivity index (χ1) is 11.7. The van der Waals surface area contributed by atoms with Gasteiger partial charge in [-0.3, -0.25) is 4.99 Å². The van der Waals surface area contributed by atoms with Gasteiger partial charge in [0.25, 0.3) is 0 Å². The van der Waals surface area contributed by atoms with Gasteiger partial charge in [0.2, 0.25) is 0 Å². The lowest BCUT2D eigenvalue weighted by molar-refractivity contribution is 0.0514. The number of unbranched alkanes of at least 4 members (excludes halogenated alkanes) is 2. The fourth-order valence-corrected chi connectivity index (χ4v) is 3.39. The molecule has 1 aromatic rings. The number of guanidine groups is 1. The average molecular weight is 480 g/mol. The molecule has 142 valence electrons. The second kappa shape index (κ2) is 12.0. The third-order valence-corrected chi connectivity index (χ3v) is 5.01. The van der Waals surface area contributed by atoms with Crippen LogP contribution < -0.4 is 10.6 Å². The summed E-state index contributed by atoms with van der Waals surface area (Å²) in [5.41, 5.74) is 1.33. The van der Waals surface area contributed by atoms with Crippen molar-refractivity contribution in [3.8, 4) is 0 Å². The average Bonchev–Trinajstić information content (AvgIpc) is 2.62. The van der Waals surface area contributed by atoms with Gasteiger partial charge < -0.3 is 15.4 Å². The number of halogens is 2. The molecule has 0 amide bonds. The van der Waals surface area contributed by atoms with Crippen LogP contribution in [0.2, 0.25) is 5.02 Å². The molecule has 1 saturated heterocycles. The van der Waals surface area contributed by atoms with E-state index in [-0.39, 0.29) is 29.4 Å². The molecule has 6 heteroatoms. The normalized spacial score (nSPS) is 16.8. The molecule has 1 heterocycles. The molecule has 1 fully saturated rings. The topological polar surface area (TPSA) is 45.7 Å². The highest BCUT2D eigenvalue weighted by Gasteiger charge is 2.34. The standard InChI is InChI=1S/C19H30ClN3O.HI/c1-3-4-5-11-22-18(21-2)23-15-19(9-12-24-13-10-19)16-7-6-8-17(20)14-16;/h6-8,14H,3-5,9-13,15H2,1-2H3,(H2,21,22,23);1H. The second-order valence-electron chi connectivity index (χ2n) is 6.46. The maximum atomic E-state index is 6.23. The highest BCUT2D eigenvalue weighted by molar-refractivity contribution is 14.0. The smallest absolute Gasteiger partial charge is 0.191 e. The minimum absolute atomic E-state index is 0. The van der Waals surface area contributed by atoms with Crippen molar-refractivity contribution < 1.29 is 4.74 Å². The van der Waals surface area contributed by atoms with E-state index in [1.54, 1.807) is 0 Å². The van der Waals surface area contributed by atoms with Gasteiger partial charge in [-0.05, 0) is 37.0 Å². The van der Waals surface area contributed by atoms with Gasteiger partial charge in [0.15, 0.2) is 5.96 Å². The van der Waals surface area contributed by atoms with Gasteiger partial charge in [0.05, 0.1) is 0 Å². The Morgan fingerprint density at radius 1 is 1.24 bits per heavy atom. The van der Waals surface area contributed by atoms with Crippen molar-refractivity contribution in [3.63, 3.8) is 0 Å². The van der Waals surface area contributed by atoms with Crippen LogP contribution in [0.1, 0.15) is 44.6 Å². The van der Waals surface area contributed by atoms with Crippen LogP contribution in [0.15, 0.2) is 29.3 Å². The van der Waals surface area contributed by atoms with Crippen molar-refractivity contribution in [3.05, 3.63) is 34.9 Å². The summed E-state index contributed by atoms with van der Waals surface area (Å²) >= 11 is 6.23. The van der Waals surface area contributed by atoms with Crippen LogP contribution in [-0.4, -0.2) is 39.3 Å². The molecule has 1 aliphatic rings. The number of hydrogen-bond donors (Lipinski definition) is 2. The van der Waals surface area contributed by atoms with Crippen LogP contribution in [0.25, 0.3) is 0 Å². The molecule has 0 unspecified atom stereocenters. The first kappa shape index (κ1) is 22.5. The van der Waals surface area contributed by atoms with Crippen molar-refractivity contribution >= 4 is 41.5 Å². The van der Waals surface area contributed by atoms with E-state index in [9.17, 15) is 0 Å². The van der Waals surface area contributed by atoms with Crippen LogP contribution in [0, 0.1) is 0 Å². The first-order valence-electron chi connectivity index (χ1n) is 8.98. The quantitative estimate of drug-likeness (QED) is 0.264. The minimum atomic E-state index is 0. The largest absolute Gasteiger partial charge is 0.381 e. The molecule has 0 atom stereocenters. The number of nitrogens with one attached hydrogen (secondary N) is 2. The van der Waals surface area contributed by atoms with Crippen molar-refractivity contribution in [2.45, 2.75) is 44.4 Å². The maximum absolute atomic E-state index is 6.23. The lowest BCUT2D eigenvalue weighted by Gasteiger charge is -2.38. The van der Waals surface area contributed by atoms with Crippen molar-refractivity contribution in [1.82, 2.24) is 10.6 Å². The minimum Gasteiger partial charge on any atom is -0.381 e. The molecule has 0 radical (unpaired) electrons. The van der Waals surface area contributed by atoms with Gasteiger partial charge in [0, 0.05) is 43.8 Å². The number of hydrogen-bond acceptors (Lipinski definition) is 2. The third-order valence-electron chi connectivity index (χ3n) is 4.78. The number of aliphatic imine (C=N–C) groups is 1. The van der Waals surface area contributed by atoms with Crippen LogP contribution >= 0.6 is 35.6 Å². The van der Waals surface area contributed by atoms with Gasteiger partial charge in [-0.25, -0.2) is 0 Å². The van der Waals surface area contributed by atoms with E-state index in [1.807, 2.05) is 19.2 Å². The molecule has 0 aromatic heterocycles. The SMILES string of the molecule is CCCCCNC(=NC)NCC1(c2cccc(Cl)c2)CCOCC1.I. The Balaban J connectivity index is 0.00000312. The summed E-state index contributed by atoms with van der Waals surface area (Å²) in [5.74, 6) is 0.874.